The number of hydrogen-bond donors (Lipinski definition) is 1. The molecule has 1 rings (SSSR count). The summed E-state index contributed by atoms with van der Waals surface area (Å²) in [6, 6.07) is 0. The molecule has 0 amide bonds. The maximum atomic E-state index is 4.43. The summed E-state index contributed by atoms with van der Waals surface area (Å²) in [7, 11) is 2.18. The van der Waals surface area contributed by atoms with E-state index >= 15 is 0 Å². The molecule has 4 heteroatoms. The molecule has 1 unspecified atom stereocenters. The Balaban J connectivity index is 2.47. The maximum absolute atomic E-state index is 4.43. The second-order valence-corrected chi connectivity index (χ2v) is 6.05. The molecule has 1 aromatic rings. The largest absolute Gasteiger partial charge is 0.301 e. The Labute approximate surface area is 108 Å². The van der Waals surface area contributed by atoms with Gasteiger partial charge in [-0.2, -0.15) is 12.6 Å². The Morgan fingerprint density at radius 3 is 2.62 bits per heavy atom. The minimum Gasteiger partial charge on any atom is -0.301 e. The van der Waals surface area contributed by atoms with E-state index in [1.165, 1.54) is 10.6 Å². The van der Waals surface area contributed by atoms with E-state index in [-0.39, 0.29) is 0 Å². The molecule has 0 aliphatic carbocycles. The van der Waals surface area contributed by atoms with Crippen molar-refractivity contribution in [1.29, 1.82) is 0 Å². The summed E-state index contributed by atoms with van der Waals surface area (Å²) in [5.41, 5.74) is 3.10. The lowest BCUT2D eigenvalue weighted by atomic mass is 9.97. The van der Waals surface area contributed by atoms with E-state index in [2.05, 4.69) is 50.3 Å². The van der Waals surface area contributed by atoms with Gasteiger partial charge >= 0.3 is 0 Å². The number of nitrogens with zero attached hydrogens (tertiary/aromatic N) is 2. The predicted molar refractivity (Wildman–Crippen MR) is 75.4 cm³/mol. The van der Waals surface area contributed by atoms with Gasteiger partial charge in [-0.25, -0.2) is 4.98 Å². The van der Waals surface area contributed by atoms with Crippen LogP contribution in [-0.4, -0.2) is 29.2 Å². The first-order valence-corrected chi connectivity index (χ1v) is 7.24. The van der Waals surface area contributed by atoms with Crippen LogP contribution in [0, 0.1) is 18.8 Å². The molecule has 0 spiro atoms. The van der Waals surface area contributed by atoms with Crippen molar-refractivity contribution in [3.63, 3.8) is 0 Å². The van der Waals surface area contributed by atoms with Crippen molar-refractivity contribution in [1.82, 2.24) is 9.88 Å². The summed E-state index contributed by atoms with van der Waals surface area (Å²) in [5.74, 6) is 2.33. The highest BCUT2D eigenvalue weighted by Crippen LogP contribution is 2.18. The van der Waals surface area contributed by atoms with Crippen LogP contribution < -0.4 is 0 Å². The quantitative estimate of drug-likeness (QED) is 0.789. The first kappa shape index (κ1) is 14.0. The van der Waals surface area contributed by atoms with Crippen molar-refractivity contribution in [3.05, 3.63) is 16.1 Å². The molecule has 0 saturated carbocycles. The summed E-state index contributed by atoms with van der Waals surface area (Å²) >= 11 is 6.18. The van der Waals surface area contributed by atoms with Crippen molar-refractivity contribution in [2.75, 3.05) is 19.3 Å². The summed E-state index contributed by atoms with van der Waals surface area (Å²) in [6.45, 7) is 8.74. The van der Waals surface area contributed by atoms with Crippen LogP contribution in [0.1, 0.15) is 24.4 Å². The normalized spacial score (nSPS) is 13.7. The fourth-order valence-electron chi connectivity index (χ4n) is 1.67. The minimum absolute atomic E-state index is 0.668. The third-order valence-corrected chi connectivity index (χ3v) is 4.37. The molecule has 0 saturated heterocycles. The smallest absolute Gasteiger partial charge is 0.0798 e. The van der Waals surface area contributed by atoms with Crippen LogP contribution in [0.2, 0.25) is 0 Å². The van der Waals surface area contributed by atoms with Gasteiger partial charge in [-0.15, -0.1) is 11.3 Å². The van der Waals surface area contributed by atoms with Gasteiger partial charge in [0.2, 0.25) is 0 Å². The van der Waals surface area contributed by atoms with Gasteiger partial charge in [-0.1, -0.05) is 13.8 Å². The summed E-state index contributed by atoms with van der Waals surface area (Å²) in [4.78, 5) is 8.04. The summed E-state index contributed by atoms with van der Waals surface area (Å²) in [6.07, 6.45) is 0. The second kappa shape index (κ2) is 6.62. The molecule has 92 valence electrons. The van der Waals surface area contributed by atoms with Gasteiger partial charge in [0.05, 0.1) is 11.2 Å². The zero-order valence-electron chi connectivity index (χ0n) is 10.6. The highest BCUT2D eigenvalue weighted by atomic mass is 32.1. The standard InChI is InChI=1S/C12H22N2S2/c1-9(2)11(7-15)5-14(4)6-12-10(3)13-8-16-12/h8-9,11,15H,5-7H2,1-4H3. The van der Waals surface area contributed by atoms with Crippen molar-refractivity contribution < 1.29 is 0 Å². The molecule has 0 fully saturated rings. The van der Waals surface area contributed by atoms with Crippen LogP contribution >= 0.6 is 24.0 Å². The van der Waals surface area contributed by atoms with Crippen LogP contribution in [0.4, 0.5) is 0 Å². The second-order valence-electron chi connectivity index (χ2n) is 4.74. The van der Waals surface area contributed by atoms with Gasteiger partial charge in [-0.3, -0.25) is 0 Å². The number of rotatable bonds is 6. The molecule has 1 atom stereocenters. The van der Waals surface area contributed by atoms with E-state index in [0.717, 1.165) is 18.8 Å². The summed E-state index contributed by atoms with van der Waals surface area (Å²) in [5, 5.41) is 0. The number of hydrogen-bond acceptors (Lipinski definition) is 4. The Kier molecular flexibility index (Phi) is 5.79. The van der Waals surface area contributed by atoms with Gasteiger partial charge in [0, 0.05) is 18.0 Å². The SMILES string of the molecule is Cc1ncsc1CN(C)CC(CS)C(C)C. The van der Waals surface area contributed by atoms with Crippen LogP contribution in [-0.2, 0) is 6.54 Å². The number of aromatic nitrogens is 1. The average molecular weight is 258 g/mol. The Morgan fingerprint density at radius 1 is 1.50 bits per heavy atom. The molecule has 0 bridgehead atoms. The lowest BCUT2D eigenvalue weighted by Gasteiger charge is -2.25. The molecule has 16 heavy (non-hydrogen) atoms. The average Bonchev–Trinajstić information content (AvgIpc) is 2.60. The van der Waals surface area contributed by atoms with Crippen LogP contribution in [0.5, 0.6) is 0 Å². The minimum atomic E-state index is 0.668. The number of thiol groups is 1. The highest BCUT2D eigenvalue weighted by Gasteiger charge is 2.15. The van der Waals surface area contributed by atoms with Crippen molar-refractivity contribution in [2.45, 2.75) is 27.3 Å². The van der Waals surface area contributed by atoms with Gasteiger partial charge in [0.1, 0.15) is 0 Å². The van der Waals surface area contributed by atoms with Gasteiger partial charge < -0.3 is 4.90 Å². The van der Waals surface area contributed by atoms with E-state index in [4.69, 9.17) is 0 Å². The topological polar surface area (TPSA) is 16.1 Å². The third kappa shape index (κ3) is 4.07. The van der Waals surface area contributed by atoms with E-state index in [1.807, 2.05) is 5.51 Å². The Bertz CT molecular complexity index is 310. The van der Waals surface area contributed by atoms with E-state index < -0.39 is 0 Å². The molecule has 0 aliphatic rings. The molecule has 0 aliphatic heterocycles. The lowest BCUT2D eigenvalue weighted by Crippen LogP contribution is -2.29. The summed E-state index contributed by atoms with van der Waals surface area (Å²) < 4.78 is 0. The van der Waals surface area contributed by atoms with Gasteiger partial charge in [0.25, 0.3) is 0 Å². The molecular weight excluding hydrogens is 236 g/mol. The van der Waals surface area contributed by atoms with Crippen LogP contribution in [0.25, 0.3) is 0 Å². The monoisotopic (exact) mass is 258 g/mol. The molecule has 0 radical (unpaired) electrons. The van der Waals surface area contributed by atoms with Crippen LogP contribution in [0.3, 0.4) is 0 Å². The zero-order chi connectivity index (χ0) is 12.1. The maximum Gasteiger partial charge on any atom is 0.0798 e. The molecule has 1 aromatic heterocycles. The van der Waals surface area contributed by atoms with E-state index in [1.54, 1.807) is 11.3 Å². The first-order chi connectivity index (χ1) is 7.54. The zero-order valence-corrected chi connectivity index (χ0v) is 12.3. The fourth-order valence-corrected chi connectivity index (χ4v) is 3.06. The van der Waals surface area contributed by atoms with Crippen molar-refractivity contribution in [3.8, 4) is 0 Å². The molecule has 0 aromatic carbocycles. The fraction of sp³-hybridized carbons (Fsp3) is 0.750. The molecule has 1 heterocycles. The number of aryl methyl sites for hydroxylation is 1. The van der Waals surface area contributed by atoms with Crippen molar-refractivity contribution >= 4 is 24.0 Å². The third-order valence-electron chi connectivity index (χ3n) is 2.98. The highest BCUT2D eigenvalue weighted by molar-refractivity contribution is 7.80. The first-order valence-electron chi connectivity index (χ1n) is 5.73. The Morgan fingerprint density at radius 2 is 2.19 bits per heavy atom. The predicted octanol–water partition coefficient (Wildman–Crippen LogP) is 3.09. The Hall–Kier alpha value is -0.0600. The van der Waals surface area contributed by atoms with E-state index in [0.29, 0.717) is 11.8 Å². The molecular formula is C12H22N2S2. The molecule has 2 nitrogen and oxygen atoms in total. The van der Waals surface area contributed by atoms with Gasteiger partial charge in [0.15, 0.2) is 0 Å². The number of thiazole rings is 1. The molecule has 0 N–H and O–H groups in total. The van der Waals surface area contributed by atoms with Gasteiger partial charge in [-0.05, 0) is 31.6 Å². The van der Waals surface area contributed by atoms with Crippen LogP contribution in [0.15, 0.2) is 5.51 Å². The van der Waals surface area contributed by atoms with E-state index in [9.17, 15) is 0 Å². The van der Waals surface area contributed by atoms with Crippen molar-refractivity contribution in [2.24, 2.45) is 11.8 Å². The lowest BCUT2D eigenvalue weighted by molar-refractivity contribution is 0.248.